The number of hydrogen-bond donors (Lipinski definition) is 2. The van der Waals surface area contributed by atoms with Gasteiger partial charge in [0.1, 0.15) is 0 Å². The summed E-state index contributed by atoms with van der Waals surface area (Å²) in [6, 6.07) is 0.325. The molecule has 5 nitrogen and oxygen atoms in total. The Hall–Kier alpha value is -1.10. The van der Waals surface area contributed by atoms with Crippen molar-refractivity contribution in [2.75, 3.05) is 26.7 Å². The average molecular weight is 255 g/mol. The third-order valence-corrected chi connectivity index (χ3v) is 3.12. The van der Waals surface area contributed by atoms with Gasteiger partial charge in [-0.15, -0.1) is 0 Å². The molecule has 0 aromatic rings. The lowest BCUT2D eigenvalue weighted by atomic mass is 10.0. The van der Waals surface area contributed by atoms with Gasteiger partial charge in [-0.25, -0.2) is 0 Å². The minimum absolute atomic E-state index is 0.325. The van der Waals surface area contributed by atoms with Gasteiger partial charge in [-0.2, -0.15) is 0 Å². The highest BCUT2D eigenvalue weighted by Crippen LogP contribution is 2.07. The summed E-state index contributed by atoms with van der Waals surface area (Å²) in [6.07, 6.45) is 3.47. The van der Waals surface area contributed by atoms with Gasteiger partial charge in [0.05, 0.1) is 0 Å². The lowest BCUT2D eigenvalue weighted by Crippen LogP contribution is -2.48. The molecule has 5 heteroatoms. The highest BCUT2D eigenvalue weighted by atomic mass is 16.2. The maximum atomic E-state index is 11.8. The predicted molar refractivity (Wildman–Crippen MR) is 71.1 cm³/mol. The molecule has 0 aromatic heterocycles. The molecular weight excluding hydrogens is 230 g/mol. The molecule has 1 aliphatic rings. The van der Waals surface area contributed by atoms with E-state index in [0.717, 1.165) is 13.0 Å². The summed E-state index contributed by atoms with van der Waals surface area (Å²) >= 11 is 0. The van der Waals surface area contributed by atoms with Crippen LogP contribution in [0.3, 0.4) is 0 Å². The van der Waals surface area contributed by atoms with Crippen molar-refractivity contribution in [3.05, 3.63) is 0 Å². The van der Waals surface area contributed by atoms with E-state index >= 15 is 0 Å². The van der Waals surface area contributed by atoms with Gasteiger partial charge in [0.25, 0.3) is 0 Å². The summed E-state index contributed by atoms with van der Waals surface area (Å²) in [4.78, 5) is 24.9. The fourth-order valence-electron chi connectivity index (χ4n) is 2.04. The number of hydrogen-bond acceptors (Lipinski definition) is 3. The molecular formula is C13H25N3O2. The Balaban J connectivity index is 2.32. The van der Waals surface area contributed by atoms with Crippen molar-refractivity contribution in [2.45, 2.75) is 39.2 Å². The third-order valence-electron chi connectivity index (χ3n) is 3.12. The molecule has 0 bridgehead atoms. The zero-order valence-electron chi connectivity index (χ0n) is 11.7. The summed E-state index contributed by atoms with van der Waals surface area (Å²) in [5.74, 6) is -0.586. The smallest absolute Gasteiger partial charge is 0.311 e. The van der Waals surface area contributed by atoms with E-state index in [1.165, 1.54) is 17.7 Å². The Morgan fingerprint density at radius 1 is 1.39 bits per heavy atom. The second-order valence-electron chi connectivity index (χ2n) is 5.44. The number of carbonyl (C=O) groups is 2. The first kappa shape index (κ1) is 15.0. The molecule has 1 fully saturated rings. The number of nitrogens with zero attached hydrogens (tertiary/aromatic N) is 1. The highest BCUT2D eigenvalue weighted by Gasteiger charge is 2.22. The normalized spacial score (nSPS) is 19.7. The van der Waals surface area contributed by atoms with Crippen LogP contribution in [0, 0.1) is 5.92 Å². The topological polar surface area (TPSA) is 61.4 Å². The minimum Gasteiger partial charge on any atom is -0.348 e. The van der Waals surface area contributed by atoms with E-state index in [-0.39, 0.29) is 0 Å². The zero-order chi connectivity index (χ0) is 13.5. The van der Waals surface area contributed by atoms with Gasteiger partial charge in [0.15, 0.2) is 0 Å². The Morgan fingerprint density at radius 2 is 2.11 bits per heavy atom. The maximum absolute atomic E-state index is 11.8. The number of rotatable bonds is 4. The van der Waals surface area contributed by atoms with Gasteiger partial charge in [0, 0.05) is 26.2 Å². The summed E-state index contributed by atoms with van der Waals surface area (Å²) in [5, 5.41) is 6.02. The van der Waals surface area contributed by atoms with Crippen LogP contribution >= 0.6 is 0 Å². The van der Waals surface area contributed by atoms with E-state index in [1.54, 1.807) is 7.05 Å². The summed E-state index contributed by atoms with van der Waals surface area (Å²) < 4.78 is 0. The highest BCUT2D eigenvalue weighted by molar-refractivity contribution is 6.34. The van der Waals surface area contributed by atoms with E-state index < -0.39 is 11.8 Å². The zero-order valence-corrected chi connectivity index (χ0v) is 11.7. The second-order valence-corrected chi connectivity index (χ2v) is 5.44. The lowest BCUT2D eigenvalue weighted by molar-refractivity contribution is -0.145. The van der Waals surface area contributed by atoms with Gasteiger partial charge >= 0.3 is 11.8 Å². The quantitative estimate of drug-likeness (QED) is 0.713. The molecule has 0 saturated carbocycles. The van der Waals surface area contributed by atoms with Gasteiger partial charge in [-0.05, 0) is 25.3 Å². The average Bonchev–Trinajstić information content (AvgIpc) is 2.36. The molecule has 1 rings (SSSR count). The van der Waals surface area contributed by atoms with Crippen LogP contribution in [-0.2, 0) is 9.59 Å². The van der Waals surface area contributed by atoms with Gasteiger partial charge in [-0.1, -0.05) is 20.3 Å². The molecule has 2 amide bonds. The van der Waals surface area contributed by atoms with Crippen molar-refractivity contribution in [3.8, 4) is 0 Å². The van der Waals surface area contributed by atoms with Crippen LogP contribution in [0.25, 0.3) is 0 Å². The first-order valence-electron chi connectivity index (χ1n) is 6.77. The van der Waals surface area contributed by atoms with E-state index in [9.17, 15) is 9.59 Å². The first-order chi connectivity index (χ1) is 8.50. The number of amides is 2. The molecule has 18 heavy (non-hydrogen) atoms. The Labute approximate surface area is 109 Å². The van der Waals surface area contributed by atoms with Crippen molar-refractivity contribution in [1.29, 1.82) is 0 Å². The number of nitrogens with one attached hydrogen (secondary N) is 2. The van der Waals surface area contributed by atoms with Crippen LogP contribution in [-0.4, -0.2) is 49.4 Å². The molecule has 0 aliphatic carbocycles. The van der Waals surface area contributed by atoms with Crippen LogP contribution in [0.5, 0.6) is 0 Å². The summed E-state index contributed by atoms with van der Waals surface area (Å²) in [5.41, 5.74) is 0. The molecule has 1 saturated heterocycles. The molecule has 1 atom stereocenters. The first-order valence-corrected chi connectivity index (χ1v) is 6.77. The number of likely N-dealkylation sites (N-methyl/N-ethyl adjacent to an activating group) is 1. The summed E-state index contributed by atoms with van der Waals surface area (Å²) in [6.45, 7) is 6.15. The number of carbonyl (C=O) groups excluding carboxylic acids is 2. The van der Waals surface area contributed by atoms with Crippen molar-refractivity contribution < 1.29 is 9.59 Å². The Morgan fingerprint density at radius 3 is 2.67 bits per heavy atom. The molecule has 1 heterocycles. The molecule has 0 spiro atoms. The van der Waals surface area contributed by atoms with Gasteiger partial charge in [0.2, 0.25) is 0 Å². The molecule has 1 aliphatic heterocycles. The molecule has 104 valence electrons. The lowest BCUT2D eigenvalue weighted by Gasteiger charge is -2.27. The summed E-state index contributed by atoms with van der Waals surface area (Å²) in [7, 11) is 1.69. The fraction of sp³-hybridized carbons (Fsp3) is 0.846. The van der Waals surface area contributed by atoms with Crippen LogP contribution in [0.1, 0.15) is 33.1 Å². The Bertz CT molecular complexity index is 286. The number of piperidine rings is 1. The predicted octanol–water partition coefficient (Wildman–Crippen LogP) is 0.359. The molecule has 0 aromatic carbocycles. The monoisotopic (exact) mass is 255 g/mol. The van der Waals surface area contributed by atoms with Crippen LogP contribution in [0.4, 0.5) is 0 Å². The third kappa shape index (κ3) is 5.04. The van der Waals surface area contributed by atoms with E-state index in [0.29, 0.717) is 25.0 Å². The van der Waals surface area contributed by atoms with Crippen molar-refractivity contribution in [3.63, 3.8) is 0 Å². The maximum Gasteiger partial charge on any atom is 0.311 e. The second kappa shape index (κ2) is 7.36. The standard InChI is InChI=1S/C13H25N3O2/c1-10(2)8-15-12(17)13(18)16(3)9-11-6-4-5-7-14-11/h10-11,14H,4-9H2,1-3H3,(H,15,17). The van der Waals surface area contributed by atoms with Crippen LogP contribution < -0.4 is 10.6 Å². The van der Waals surface area contributed by atoms with E-state index in [1.807, 2.05) is 13.8 Å². The van der Waals surface area contributed by atoms with Crippen molar-refractivity contribution >= 4 is 11.8 Å². The van der Waals surface area contributed by atoms with Crippen LogP contribution in [0.2, 0.25) is 0 Å². The van der Waals surface area contributed by atoms with Crippen molar-refractivity contribution in [2.24, 2.45) is 5.92 Å². The minimum atomic E-state index is -0.498. The van der Waals surface area contributed by atoms with E-state index in [2.05, 4.69) is 10.6 Å². The van der Waals surface area contributed by atoms with Crippen molar-refractivity contribution in [1.82, 2.24) is 15.5 Å². The molecule has 0 radical (unpaired) electrons. The SMILES string of the molecule is CC(C)CNC(=O)C(=O)N(C)CC1CCCCN1. The van der Waals surface area contributed by atoms with E-state index in [4.69, 9.17) is 0 Å². The molecule has 2 N–H and O–H groups in total. The van der Waals surface area contributed by atoms with Gasteiger partial charge in [-0.3, -0.25) is 9.59 Å². The van der Waals surface area contributed by atoms with Gasteiger partial charge < -0.3 is 15.5 Å². The van der Waals surface area contributed by atoms with Crippen LogP contribution in [0.15, 0.2) is 0 Å². The fourth-order valence-corrected chi connectivity index (χ4v) is 2.04. The Kier molecular flexibility index (Phi) is 6.12. The molecule has 1 unspecified atom stereocenters. The largest absolute Gasteiger partial charge is 0.348 e.